The summed E-state index contributed by atoms with van der Waals surface area (Å²) in [6.45, 7) is -0.288. The van der Waals surface area contributed by atoms with Gasteiger partial charge in [-0.1, -0.05) is 0 Å². The Bertz CT molecular complexity index is 170. The van der Waals surface area contributed by atoms with E-state index in [-0.39, 0.29) is 13.2 Å². The molecule has 0 aromatic rings. The Morgan fingerprint density at radius 1 is 1.46 bits per heavy atom. The summed E-state index contributed by atoms with van der Waals surface area (Å²) in [4.78, 5) is 10.8. The summed E-state index contributed by atoms with van der Waals surface area (Å²) in [5, 5.41) is 17.6. The molecule has 1 aliphatic rings. The van der Waals surface area contributed by atoms with E-state index in [1.54, 1.807) is 0 Å². The molecule has 1 rings (SSSR count). The van der Waals surface area contributed by atoms with E-state index in [9.17, 15) is 9.90 Å². The standard InChI is InChI=1S/C8H14O5/c9-4-5-12-8(11)13-7-3-1-2-6(7)10/h6-7,9-10H,1-5H2. The molecular formula is C8H14O5. The van der Waals surface area contributed by atoms with E-state index in [4.69, 9.17) is 9.84 Å². The molecule has 0 aromatic carbocycles. The number of ether oxygens (including phenoxy) is 2. The number of aliphatic hydroxyl groups excluding tert-OH is 2. The van der Waals surface area contributed by atoms with Crippen LogP contribution in [0.1, 0.15) is 19.3 Å². The first-order valence-electron chi connectivity index (χ1n) is 4.36. The smallest absolute Gasteiger partial charge is 0.432 e. The van der Waals surface area contributed by atoms with Gasteiger partial charge in [-0.3, -0.25) is 0 Å². The van der Waals surface area contributed by atoms with Crippen molar-refractivity contribution in [1.29, 1.82) is 0 Å². The minimum Gasteiger partial charge on any atom is -0.432 e. The van der Waals surface area contributed by atoms with Crippen molar-refractivity contribution in [3.63, 3.8) is 0 Å². The van der Waals surface area contributed by atoms with Gasteiger partial charge in [-0.25, -0.2) is 4.79 Å². The van der Waals surface area contributed by atoms with Crippen LogP contribution in [0.15, 0.2) is 0 Å². The second kappa shape index (κ2) is 5.04. The predicted molar refractivity (Wildman–Crippen MR) is 43.2 cm³/mol. The molecule has 0 aromatic heterocycles. The molecule has 5 nitrogen and oxygen atoms in total. The van der Waals surface area contributed by atoms with Crippen LogP contribution in [0.5, 0.6) is 0 Å². The Kier molecular flexibility index (Phi) is 3.98. The number of carbonyl (C=O) groups is 1. The van der Waals surface area contributed by atoms with Crippen molar-refractivity contribution < 1.29 is 24.5 Å². The first kappa shape index (κ1) is 10.3. The van der Waals surface area contributed by atoms with Crippen molar-refractivity contribution in [2.45, 2.75) is 31.5 Å². The fourth-order valence-electron chi connectivity index (χ4n) is 1.33. The van der Waals surface area contributed by atoms with Crippen LogP contribution < -0.4 is 0 Å². The van der Waals surface area contributed by atoms with E-state index in [0.29, 0.717) is 12.8 Å². The third kappa shape index (κ3) is 3.20. The molecule has 2 atom stereocenters. The van der Waals surface area contributed by atoms with Gasteiger partial charge in [0.15, 0.2) is 0 Å². The SMILES string of the molecule is O=C(OCCO)OC1CCCC1O. The average molecular weight is 190 g/mol. The number of hydrogen-bond acceptors (Lipinski definition) is 5. The fraction of sp³-hybridized carbons (Fsp3) is 0.875. The van der Waals surface area contributed by atoms with Crippen LogP contribution in [0, 0.1) is 0 Å². The Hall–Kier alpha value is -0.810. The lowest BCUT2D eigenvalue weighted by atomic mass is 10.3. The Morgan fingerprint density at radius 3 is 2.77 bits per heavy atom. The highest BCUT2D eigenvalue weighted by atomic mass is 16.7. The maximum atomic E-state index is 10.8. The Labute approximate surface area is 76.3 Å². The average Bonchev–Trinajstić information content (AvgIpc) is 2.48. The quantitative estimate of drug-likeness (QED) is 0.615. The zero-order valence-electron chi connectivity index (χ0n) is 7.31. The van der Waals surface area contributed by atoms with Crippen LogP contribution in [-0.4, -0.2) is 41.8 Å². The van der Waals surface area contributed by atoms with Crippen molar-refractivity contribution in [2.75, 3.05) is 13.2 Å². The molecule has 0 aliphatic heterocycles. The molecule has 0 spiro atoms. The number of carbonyl (C=O) groups excluding carboxylic acids is 1. The van der Waals surface area contributed by atoms with Crippen molar-refractivity contribution in [3.05, 3.63) is 0 Å². The third-order valence-electron chi connectivity index (χ3n) is 1.98. The zero-order chi connectivity index (χ0) is 9.68. The van der Waals surface area contributed by atoms with Crippen LogP contribution in [0.2, 0.25) is 0 Å². The molecule has 0 heterocycles. The van der Waals surface area contributed by atoms with Crippen LogP contribution >= 0.6 is 0 Å². The molecule has 0 radical (unpaired) electrons. The molecule has 76 valence electrons. The molecule has 5 heteroatoms. The summed E-state index contributed by atoms with van der Waals surface area (Å²) >= 11 is 0. The van der Waals surface area contributed by atoms with Gasteiger partial charge in [0, 0.05) is 0 Å². The van der Waals surface area contributed by atoms with Crippen LogP contribution in [-0.2, 0) is 9.47 Å². The molecule has 2 unspecified atom stereocenters. The normalized spacial score (nSPS) is 27.2. The second-order valence-corrected chi connectivity index (χ2v) is 2.98. The number of rotatable bonds is 3. The van der Waals surface area contributed by atoms with Gasteiger partial charge in [-0.2, -0.15) is 0 Å². The summed E-state index contributed by atoms with van der Waals surface area (Å²) in [5.74, 6) is 0. The van der Waals surface area contributed by atoms with Gasteiger partial charge in [0.1, 0.15) is 12.7 Å². The van der Waals surface area contributed by atoms with Gasteiger partial charge in [-0.05, 0) is 19.3 Å². The monoisotopic (exact) mass is 190 g/mol. The van der Waals surface area contributed by atoms with E-state index in [1.165, 1.54) is 0 Å². The van der Waals surface area contributed by atoms with Crippen molar-refractivity contribution in [3.8, 4) is 0 Å². The first-order valence-corrected chi connectivity index (χ1v) is 4.36. The molecule has 1 aliphatic carbocycles. The number of aliphatic hydroxyl groups is 2. The highest BCUT2D eigenvalue weighted by Gasteiger charge is 2.28. The van der Waals surface area contributed by atoms with Gasteiger partial charge in [0.25, 0.3) is 0 Å². The van der Waals surface area contributed by atoms with E-state index in [1.807, 2.05) is 0 Å². The summed E-state index contributed by atoms with van der Waals surface area (Å²) < 4.78 is 9.28. The summed E-state index contributed by atoms with van der Waals surface area (Å²) in [7, 11) is 0. The highest BCUT2D eigenvalue weighted by Crippen LogP contribution is 2.22. The maximum Gasteiger partial charge on any atom is 0.508 e. The van der Waals surface area contributed by atoms with Gasteiger partial charge in [0.05, 0.1) is 12.7 Å². The van der Waals surface area contributed by atoms with E-state index >= 15 is 0 Å². The predicted octanol–water partition coefficient (Wildman–Crippen LogP) is 0.0453. The van der Waals surface area contributed by atoms with Gasteiger partial charge < -0.3 is 19.7 Å². The molecule has 1 fully saturated rings. The molecule has 0 saturated heterocycles. The van der Waals surface area contributed by atoms with Gasteiger partial charge >= 0.3 is 6.16 Å². The Morgan fingerprint density at radius 2 is 2.23 bits per heavy atom. The topological polar surface area (TPSA) is 76.0 Å². The molecule has 0 amide bonds. The lowest BCUT2D eigenvalue weighted by Gasteiger charge is -2.14. The second-order valence-electron chi connectivity index (χ2n) is 2.98. The summed E-state index contributed by atoms with van der Waals surface area (Å²) in [5.41, 5.74) is 0. The largest absolute Gasteiger partial charge is 0.508 e. The highest BCUT2D eigenvalue weighted by molar-refractivity contribution is 5.60. The fourth-order valence-corrected chi connectivity index (χ4v) is 1.33. The van der Waals surface area contributed by atoms with Gasteiger partial charge in [0.2, 0.25) is 0 Å². The molecular weight excluding hydrogens is 176 g/mol. The van der Waals surface area contributed by atoms with E-state index < -0.39 is 18.4 Å². The van der Waals surface area contributed by atoms with Crippen molar-refractivity contribution >= 4 is 6.16 Å². The minimum atomic E-state index is -0.819. The van der Waals surface area contributed by atoms with Crippen LogP contribution in [0.4, 0.5) is 4.79 Å². The molecule has 2 N–H and O–H groups in total. The summed E-state index contributed by atoms with van der Waals surface area (Å²) in [6.07, 6.45) is 0.375. The maximum absolute atomic E-state index is 10.8. The van der Waals surface area contributed by atoms with Crippen LogP contribution in [0.3, 0.4) is 0 Å². The third-order valence-corrected chi connectivity index (χ3v) is 1.98. The minimum absolute atomic E-state index is 0.0678. The van der Waals surface area contributed by atoms with Gasteiger partial charge in [-0.15, -0.1) is 0 Å². The summed E-state index contributed by atoms with van der Waals surface area (Å²) in [6, 6.07) is 0. The van der Waals surface area contributed by atoms with Crippen molar-refractivity contribution in [2.24, 2.45) is 0 Å². The lowest BCUT2D eigenvalue weighted by molar-refractivity contribution is -0.0216. The van der Waals surface area contributed by atoms with E-state index in [0.717, 1.165) is 6.42 Å². The van der Waals surface area contributed by atoms with E-state index in [2.05, 4.69) is 4.74 Å². The van der Waals surface area contributed by atoms with Crippen LogP contribution in [0.25, 0.3) is 0 Å². The molecule has 1 saturated carbocycles. The van der Waals surface area contributed by atoms with Crippen molar-refractivity contribution in [1.82, 2.24) is 0 Å². The Balaban J connectivity index is 2.19. The molecule has 0 bridgehead atoms. The lowest BCUT2D eigenvalue weighted by Crippen LogP contribution is -2.26. The number of hydrogen-bond donors (Lipinski definition) is 2. The molecule has 13 heavy (non-hydrogen) atoms. The first-order chi connectivity index (χ1) is 6.24. The zero-order valence-corrected chi connectivity index (χ0v) is 7.31.